The third kappa shape index (κ3) is 6.00. The second-order valence-electron chi connectivity index (χ2n) is 5.26. The first-order valence-corrected chi connectivity index (χ1v) is 7.47. The normalized spacial score (nSPS) is 10.6. The number of carbonyl (C=O) groups is 2. The number of aryl methyl sites for hydroxylation is 1. The minimum absolute atomic E-state index is 0.0262. The predicted octanol–water partition coefficient (Wildman–Crippen LogP) is 3.00. The van der Waals surface area contributed by atoms with Gasteiger partial charge < -0.3 is 5.32 Å². The summed E-state index contributed by atoms with van der Waals surface area (Å²) in [4.78, 5) is 23.4. The summed E-state index contributed by atoms with van der Waals surface area (Å²) in [6, 6.07) is 13.1. The summed E-state index contributed by atoms with van der Waals surface area (Å²) in [5, 5.41) is 6.48. The van der Waals surface area contributed by atoms with Crippen molar-refractivity contribution in [1.82, 2.24) is 5.43 Å². The van der Waals surface area contributed by atoms with Gasteiger partial charge in [0.15, 0.2) is 0 Å². The van der Waals surface area contributed by atoms with Gasteiger partial charge in [0, 0.05) is 18.5 Å². The number of benzene rings is 2. The van der Waals surface area contributed by atoms with Gasteiger partial charge in [0.05, 0.1) is 6.21 Å². The van der Waals surface area contributed by atoms with E-state index in [0.717, 1.165) is 5.56 Å². The molecule has 0 atom stereocenters. The van der Waals surface area contributed by atoms with Crippen LogP contribution in [-0.4, -0.2) is 18.0 Å². The highest BCUT2D eigenvalue weighted by Gasteiger charge is 2.06. The van der Waals surface area contributed by atoms with E-state index in [4.69, 9.17) is 0 Å². The fraction of sp³-hybridized carbons (Fsp3) is 0.167. The van der Waals surface area contributed by atoms with Crippen LogP contribution in [0.2, 0.25) is 0 Å². The van der Waals surface area contributed by atoms with Crippen LogP contribution in [0.5, 0.6) is 0 Å². The average Bonchev–Trinajstić information content (AvgIpc) is 2.57. The number of amides is 2. The van der Waals surface area contributed by atoms with Crippen LogP contribution in [0.4, 0.5) is 10.1 Å². The zero-order valence-corrected chi connectivity index (χ0v) is 13.3. The Kier molecular flexibility index (Phi) is 6.19. The van der Waals surface area contributed by atoms with Gasteiger partial charge in [-0.05, 0) is 36.8 Å². The number of halogens is 1. The van der Waals surface area contributed by atoms with Gasteiger partial charge in [0.2, 0.25) is 11.8 Å². The summed E-state index contributed by atoms with van der Waals surface area (Å²) in [7, 11) is 0. The van der Waals surface area contributed by atoms with Gasteiger partial charge in [-0.1, -0.05) is 29.8 Å². The molecule has 2 N–H and O–H groups in total. The van der Waals surface area contributed by atoms with Crippen LogP contribution in [0.25, 0.3) is 0 Å². The van der Waals surface area contributed by atoms with Crippen LogP contribution in [0.1, 0.15) is 24.0 Å². The Hall–Kier alpha value is -3.02. The SMILES string of the molecule is Cc1ccc(NC(=O)CCC(=O)NN=Cc2ccc(F)cc2)cc1. The first kappa shape index (κ1) is 17.3. The van der Waals surface area contributed by atoms with Crippen LogP contribution in [0.15, 0.2) is 53.6 Å². The molecule has 2 amide bonds. The molecule has 0 aliphatic rings. The van der Waals surface area contributed by atoms with Gasteiger partial charge >= 0.3 is 0 Å². The molecule has 2 rings (SSSR count). The van der Waals surface area contributed by atoms with E-state index in [2.05, 4.69) is 15.8 Å². The van der Waals surface area contributed by atoms with E-state index < -0.39 is 0 Å². The number of nitrogens with one attached hydrogen (secondary N) is 2. The fourth-order valence-electron chi connectivity index (χ4n) is 1.87. The van der Waals surface area contributed by atoms with Crippen molar-refractivity contribution in [3.05, 3.63) is 65.5 Å². The maximum Gasteiger partial charge on any atom is 0.240 e. The Morgan fingerprint density at radius 2 is 1.62 bits per heavy atom. The number of anilines is 1. The maximum absolute atomic E-state index is 12.7. The summed E-state index contributed by atoms with van der Waals surface area (Å²) in [6.45, 7) is 1.96. The van der Waals surface area contributed by atoms with Crippen LogP contribution in [-0.2, 0) is 9.59 Å². The lowest BCUT2D eigenvalue weighted by Gasteiger charge is -2.05. The van der Waals surface area contributed by atoms with Gasteiger partial charge in [0.25, 0.3) is 0 Å². The molecule has 6 heteroatoms. The molecule has 0 unspecified atom stereocenters. The van der Waals surface area contributed by atoms with Crippen molar-refractivity contribution in [1.29, 1.82) is 0 Å². The Morgan fingerprint density at radius 1 is 1.00 bits per heavy atom. The van der Waals surface area contributed by atoms with E-state index in [1.165, 1.54) is 18.3 Å². The zero-order valence-electron chi connectivity index (χ0n) is 13.3. The van der Waals surface area contributed by atoms with E-state index in [9.17, 15) is 14.0 Å². The molecule has 5 nitrogen and oxygen atoms in total. The molecule has 0 fully saturated rings. The molecule has 24 heavy (non-hydrogen) atoms. The minimum atomic E-state index is -0.368. The van der Waals surface area contributed by atoms with Crippen molar-refractivity contribution in [2.24, 2.45) is 5.10 Å². The molecule has 0 aliphatic heterocycles. The minimum Gasteiger partial charge on any atom is -0.326 e. The highest BCUT2D eigenvalue weighted by molar-refractivity contribution is 5.93. The molecule has 0 bridgehead atoms. The van der Waals surface area contributed by atoms with E-state index in [0.29, 0.717) is 11.3 Å². The summed E-state index contributed by atoms with van der Waals surface area (Å²) < 4.78 is 12.7. The summed E-state index contributed by atoms with van der Waals surface area (Å²) in [6.07, 6.45) is 1.49. The second-order valence-corrected chi connectivity index (χ2v) is 5.26. The lowest BCUT2D eigenvalue weighted by Crippen LogP contribution is -2.20. The largest absolute Gasteiger partial charge is 0.326 e. The number of hydrogen-bond acceptors (Lipinski definition) is 3. The van der Waals surface area contributed by atoms with E-state index in [-0.39, 0.29) is 30.5 Å². The molecule has 0 aliphatic carbocycles. The number of hydrogen-bond donors (Lipinski definition) is 2. The fourth-order valence-corrected chi connectivity index (χ4v) is 1.87. The quantitative estimate of drug-likeness (QED) is 0.632. The van der Waals surface area contributed by atoms with Crippen molar-refractivity contribution in [2.75, 3.05) is 5.32 Å². The lowest BCUT2D eigenvalue weighted by atomic mass is 10.2. The molecule has 0 aromatic heterocycles. The highest BCUT2D eigenvalue weighted by Crippen LogP contribution is 2.09. The van der Waals surface area contributed by atoms with Crippen molar-refractivity contribution in [2.45, 2.75) is 19.8 Å². The molecule has 0 spiro atoms. The average molecular weight is 327 g/mol. The molecular formula is C18H18FN3O2. The van der Waals surface area contributed by atoms with Gasteiger partial charge in [-0.2, -0.15) is 5.10 Å². The number of hydrazone groups is 1. The first-order valence-electron chi connectivity index (χ1n) is 7.47. The topological polar surface area (TPSA) is 70.6 Å². The molecule has 2 aromatic carbocycles. The van der Waals surface area contributed by atoms with Crippen molar-refractivity contribution < 1.29 is 14.0 Å². The Labute approximate surface area is 139 Å². The molecule has 2 aromatic rings. The molecule has 0 saturated carbocycles. The molecule has 124 valence electrons. The maximum atomic E-state index is 12.7. The standard InChI is InChI=1S/C18H18FN3O2/c1-13-2-8-16(9-3-13)21-17(23)10-11-18(24)22-20-12-14-4-6-15(19)7-5-14/h2-9,12H,10-11H2,1H3,(H,21,23)(H,22,24). The third-order valence-corrected chi connectivity index (χ3v) is 3.19. The summed E-state index contributed by atoms with van der Waals surface area (Å²) in [5.41, 5.74) is 4.79. The number of carbonyl (C=O) groups excluding carboxylic acids is 2. The smallest absolute Gasteiger partial charge is 0.240 e. The van der Waals surface area contributed by atoms with Gasteiger partial charge in [-0.15, -0.1) is 0 Å². The summed E-state index contributed by atoms with van der Waals surface area (Å²) in [5.74, 6) is -0.945. The van der Waals surface area contributed by atoms with Crippen molar-refractivity contribution in [3.8, 4) is 0 Å². The van der Waals surface area contributed by atoms with Gasteiger partial charge in [0.1, 0.15) is 5.82 Å². The Bertz CT molecular complexity index is 725. The molecular weight excluding hydrogens is 309 g/mol. The van der Waals surface area contributed by atoms with Crippen LogP contribution in [0, 0.1) is 12.7 Å². The monoisotopic (exact) mass is 327 g/mol. The second kappa shape index (κ2) is 8.57. The number of nitrogens with zero attached hydrogens (tertiary/aromatic N) is 1. The lowest BCUT2D eigenvalue weighted by molar-refractivity contribution is -0.124. The van der Waals surface area contributed by atoms with Crippen molar-refractivity contribution >= 4 is 23.7 Å². The van der Waals surface area contributed by atoms with E-state index in [1.54, 1.807) is 24.3 Å². The van der Waals surface area contributed by atoms with Gasteiger partial charge in [-0.3, -0.25) is 9.59 Å². The Balaban J connectivity index is 1.71. The first-order chi connectivity index (χ1) is 11.5. The van der Waals surface area contributed by atoms with Crippen LogP contribution < -0.4 is 10.7 Å². The zero-order chi connectivity index (χ0) is 17.4. The molecule has 0 heterocycles. The Morgan fingerprint density at radius 3 is 2.29 bits per heavy atom. The third-order valence-electron chi connectivity index (χ3n) is 3.19. The highest BCUT2D eigenvalue weighted by atomic mass is 19.1. The predicted molar refractivity (Wildman–Crippen MR) is 91.2 cm³/mol. The van der Waals surface area contributed by atoms with Crippen LogP contribution in [0.3, 0.4) is 0 Å². The van der Waals surface area contributed by atoms with E-state index in [1.807, 2.05) is 19.1 Å². The van der Waals surface area contributed by atoms with E-state index >= 15 is 0 Å². The van der Waals surface area contributed by atoms with Crippen molar-refractivity contribution in [3.63, 3.8) is 0 Å². The molecule has 0 radical (unpaired) electrons. The van der Waals surface area contributed by atoms with Gasteiger partial charge in [-0.25, -0.2) is 9.82 Å². The van der Waals surface area contributed by atoms with Crippen LogP contribution >= 0.6 is 0 Å². The molecule has 0 saturated heterocycles. The number of rotatable bonds is 6. The summed E-state index contributed by atoms with van der Waals surface area (Å²) >= 11 is 0.